The molecule has 0 spiro atoms. The van der Waals surface area contributed by atoms with Crippen LogP contribution in [0.3, 0.4) is 0 Å². The highest BCUT2D eigenvalue weighted by atomic mass is 16.1. The zero-order valence-electron chi connectivity index (χ0n) is 12.4. The number of hydrogen-bond acceptors (Lipinski definition) is 3. The van der Waals surface area contributed by atoms with E-state index in [2.05, 4.69) is 28.7 Å². The smallest absolute Gasteiger partial charge is 0.327 e. The number of fused-ring (bicyclic) bond motifs is 1. The third kappa shape index (κ3) is 2.21. The van der Waals surface area contributed by atoms with Crippen LogP contribution in [0.4, 0.5) is 5.69 Å². The molecule has 0 aliphatic carbocycles. The number of aromatic nitrogens is 3. The molecule has 0 amide bonds. The van der Waals surface area contributed by atoms with Crippen LogP contribution in [0.5, 0.6) is 0 Å². The standard InChI is InChI=1S/C15H22N4O/c1-10(2)8-11-5-7-19(9-11)12-4-6-16-14-13(12)17-15(20)18(14)3/h4,6,10-11H,5,7-9H2,1-3H3,(H,17,20). The van der Waals surface area contributed by atoms with Crippen molar-refractivity contribution in [3.63, 3.8) is 0 Å². The van der Waals surface area contributed by atoms with Crippen molar-refractivity contribution in [1.82, 2.24) is 14.5 Å². The summed E-state index contributed by atoms with van der Waals surface area (Å²) in [7, 11) is 1.75. The van der Waals surface area contributed by atoms with Gasteiger partial charge in [0.2, 0.25) is 0 Å². The summed E-state index contributed by atoms with van der Waals surface area (Å²) >= 11 is 0. The maximum atomic E-state index is 11.8. The molecule has 1 atom stereocenters. The summed E-state index contributed by atoms with van der Waals surface area (Å²) in [4.78, 5) is 21.4. The van der Waals surface area contributed by atoms with E-state index in [9.17, 15) is 4.79 Å². The van der Waals surface area contributed by atoms with Gasteiger partial charge in [0.05, 0.1) is 5.69 Å². The molecule has 1 unspecified atom stereocenters. The lowest BCUT2D eigenvalue weighted by molar-refractivity contribution is 0.441. The van der Waals surface area contributed by atoms with Gasteiger partial charge in [-0.15, -0.1) is 0 Å². The fourth-order valence-corrected chi connectivity index (χ4v) is 3.28. The summed E-state index contributed by atoms with van der Waals surface area (Å²) < 4.78 is 1.57. The van der Waals surface area contributed by atoms with E-state index in [-0.39, 0.29) is 5.69 Å². The number of aryl methyl sites for hydroxylation is 1. The van der Waals surface area contributed by atoms with Crippen LogP contribution in [0.1, 0.15) is 26.7 Å². The molecule has 0 radical (unpaired) electrons. The van der Waals surface area contributed by atoms with E-state index >= 15 is 0 Å². The first-order valence-electron chi connectivity index (χ1n) is 7.35. The molecule has 3 rings (SSSR count). The van der Waals surface area contributed by atoms with Gasteiger partial charge in [0.15, 0.2) is 5.65 Å². The molecule has 0 saturated carbocycles. The van der Waals surface area contributed by atoms with Crippen LogP contribution in [0.15, 0.2) is 17.1 Å². The molecule has 108 valence electrons. The van der Waals surface area contributed by atoms with Crippen molar-refractivity contribution in [1.29, 1.82) is 0 Å². The molecule has 3 heterocycles. The van der Waals surface area contributed by atoms with Crippen LogP contribution in [-0.4, -0.2) is 27.6 Å². The van der Waals surface area contributed by atoms with Gasteiger partial charge in [0.25, 0.3) is 0 Å². The van der Waals surface area contributed by atoms with Gasteiger partial charge < -0.3 is 9.88 Å². The lowest BCUT2D eigenvalue weighted by atomic mass is 9.97. The molecule has 2 aromatic rings. The van der Waals surface area contributed by atoms with Crippen LogP contribution in [0.2, 0.25) is 0 Å². The minimum absolute atomic E-state index is 0.0992. The largest absolute Gasteiger partial charge is 0.369 e. The topological polar surface area (TPSA) is 53.9 Å². The molecule has 20 heavy (non-hydrogen) atoms. The first-order chi connectivity index (χ1) is 9.56. The number of aromatic amines is 1. The summed E-state index contributed by atoms with van der Waals surface area (Å²) in [6.45, 7) is 6.70. The maximum absolute atomic E-state index is 11.8. The number of nitrogens with zero attached hydrogens (tertiary/aromatic N) is 3. The van der Waals surface area contributed by atoms with Gasteiger partial charge in [-0.2, -0.15) is 0 Å². The van der Waals surface area contributed by atoms with Crippen molar-refractivity contribution in [2.24, 2.45) is 18.9 Å². The fourth-order valence-electron chi connectivity index (χ4n) is 3.28. The van der Waals surface area contributed by atoms with Gasteiger partial charge in [-0.25, -0.2) is 9.78 Å². The number of H-pyrrole nitrogens is 1. The average molecular weight is 274 g/mol. The molecule has 1 saturated heterocycles. The molecule has 2 aromatic heterocycles. The number of hydrogen-bond donors (Lipinski definition) is 1. The number of anilines is 1. The Labute approximate surface area is 118 Å². The average Bonchev–Trinajstić information content (AvgIpc) is 2.95. The summed E-state index contributed by atoms with van der Waals surface area (Å²) in [5.74, 6) is 1.50. The molecule has 1 fully saturated rings. The molecular formula is C15H22N4O. The number of rotatable bonds is 3. The zero-order valence-corrected chi connectivity index (χ0v) is 12.4. The maximum Gasteiger partial charge on any atom is 0.327 e. The van der Waals surface area contributed by atoms with Crippen LogP contribution >= 0.6 is 0 Å². The van der Waals surface area contributed by atoms with Crippen LogP contribution in [0.25, 0.3) is 11.2 Å². The third-order valence-corrected chi connectivity index (χ3v) is 4.19. The van der Waals surface area contributed by atoms with Crippen molar-refractivity contribution in [2.75, 3.05) is 18.0 Å². The predicted octanol–water partition coefficient (Wildman–Crippen LogP) is 2.13. The van der Waals surface area contributed by atoms with Gasteiger partial charge in [0, 0.05) is 26.3 Å². The molecule has 5 nitrogen and oxygen atoms in total. The molecule has 1 aliphatic rings. The Bertz CT molecular complexity index is 670. The molecular weight excluding hydrogens is 252 g/mol. The van der Waals surface area contributed by atoms with Crippen LogP contribution in [-0.2, 0) is 7.05 Å². The Hall–Kier alpha value is -1.78. The first-order valence-corrected chi connectivity index (χ1v) is 7.35. The molecule has 0 bridgehead atoms. The van der Waals surface area contributed by atoms with Crippen molar-refractivity contribution in [2.45, 2.75) is 26.7 Å². The number of imidazole rings is 1. The minimum atomic E-state index is -0.0992. The van der Waals surface area contributed by atoms with Gasteiger partial charge >= 0.3 is 5.69 Å². The molecule has 1 aliphatic heterocycles. The summed E-state index contributed by atoms with van der Waals surface area (Å²) in [6.07, 6.45) is 4.30. The van der Waals surface area contributed by atoms with Crippen molar-refractivity contribution < 1.29 is 0 Å². The van der Waals surface area contributed by atoms with E-state index in [1.54, 1.807) is 17.8 Å². The lowest BCUT2D eigenvalue weighted by Gasteiger charge is -2.19. The SMILES string of the molecule is CC(C)CC1CCN(c2ccnc3c2[nH]c(=O)n3C)C1. The van der Waals surface area contributed by atoms with Gasteiger partial charge in [-0.1, -0.05) is 13.8 Å². The highest BCUT2D eigenvalue weighted by Gasteiger charge is 2.25. The van der Waals surface area contributed by atoms with Crippen molar-refractivity contribution in [3.8, 4) is 0 Å². The Morgan fingerprint density at radius 2 is 2.30 bits per heavy atom. The second-order valence-corrected chi connectivity index (χ2v) is 6.25. The highest BCUT2D eigenvalue weighted by molar-refractivity contribution is 5.86. The summed E-state index contributed by atoms with van der Waals surface area (Å²) in [6, 6.07) is 2.01. The van der Waals surface area contributed by atoms with Crippen molar-refractivity contribution >= 4 is 16.9 Å². The Morgan fingerprint density at radius 1 is 1.50 bits per heavy atom. The molecule has 1 N–H and O–H groups in total. The summed E-state index contributed by atoms with van der Waals surface area (Å²) in [5, 5.41) is 0. The van der Waals surface area contributed by atoms with E-state index in [0.717, 1.165) is 41.8 Å². The Morgan fingerprint density at radius 3 is 3.05 bits per heavy atom. The van der Waals surface area contributed by atoms with E-state index in [1.807, 2.05) is 6.07 Å². The molecule has 5 heteroatoms. The summed E-state index contributed by atoms with van der Waals surface area (Å²) in [5.41, 5.74) is 2.61. The Kier molecular flexibility index (Phi) is 3.28. The second kappa shape index (κ2) is 4.96. The third-order valence-electron chi connectivity index (χ3n) is 4.19. The van der Waals surface area contributed by atoms with Crippen molar-refractivity contribution in [3.05, 3.63) is 22.7 Å². The van der Waals surface area contributed by atoms with E-state index in [1.165, 1.54) is 12.8 Å². The fraction of sp³-hybridized carbons (Fsp3) is 0.600. The Balaban J connectivity index is 1.92. The van der Waals surface area contributed by atoms with E-state index in [0.29, 0.717) is 0 Å². The van der Waals surface area contributed by atoms with Crippen LogP contribution < -0.4 is 10.6 Å². The van der Waals surface area contributed by atoms with Gasteiger partial charge in [-0.05, 0) is 30.7 Å². The van der Waals surface area contributed by atoms with Gasteiger partial charge in [0.1, 0.15) is 5.52 Å². The first kappa shape index (κ1) is 13.2. The van der Waals surface area contributed by atoms with E-state index in [4.69, 9.17) is 0 Å². The zero-order chi connectivity index (χ0) is 14.3. The normalized spacial score (nSPS) is 19.4. The second-order valence-electron chi connectivity index (χ2n) is 6.25. The molecule has 0 aromatic carbocycles. The number of nitrogens with one attached hydrogen (secondary N) is 1. The monoisotopic (exact) mass is 274 g/mol. The van der Waals surface area contributed by atoms with Crippen LogP contribution in [0, 0.1) is 11.8 Å². The minimum Gasteiger partial charge on any atom is -0.369 e. The predicted molar refractivity (Wildman–Crippen MR) is 81.1 cm³/mol. The lowest BCUT2D eigenvalue weighted by Crippen LogP contribution is -2.20. The van der Waals surface area contributed by atoms with E-state index < -0.39 is 0 Å². The quantitative estimate of drug-likeness (QED) is 0.933. The van der Waals surface area contributed by atoms with Gasteiger partial charge in [-0.3, -0.25) is 4.57 Å². The highest BCUT2D eigenvalue weighted by Crippen LogP contribution is 2.30. The number of pyridine rings is 1.